The molecule has 0 heterocycles. The summed E-state index contributed by atoms with van der Waals surface area (Å²) in [5, 5.41) is 23.3. The van der Waals surface area contributed by atoms with E-state index in [2.05, 4.69) is 5.32 Å². The van der Waals surface area contributed by atoms with Gasteiger partial charge in [-0.15, -0.1) is 0 Å². The molecule has 11 nitrogen and oxygen atoms in total. The minimum absolute atomic E-state index is 0.0357. The van der Waals surface area contributed by atoms with Gasteiger partial charge >= 0.3 is 0 Å². The molecule has 0 bridgehead atoms. The van der Waals surface area contributed by atoms with Crippen molar-refractivity contribution in [1.29, 1.82) is 0 Å². The van der Waals surface area contributed by atoms with Crippen molar-refractivity contribution in [3.8, 4) is 11.5 Å². The average Bonchev–Trinajstić information content (AvgIpc) is 2.92. The molecular weight excluding hydrogens is 623 g/mol. The number of aliphatic hydroxyl groups is 2. The second-order valence-corrected chi connectivity index (χ2v) is 10.4. The first-order chi connectivity index (χ1) is 18.7. The van der Waals surface area contributed by atoms with E-state index >= 15 is 0 Å². The molecule has 3 unspecified atom stereocenters. The largest absolute Gasteiger partial charge is 0.493 e. The van der Waals surface area contributed by atoms with Crippen LogP contribution in [0.2, 0.25) is 0 Å². The Bertz CT molecular complexity index is 1000. The normalized spacial score (nSPS) is 18.9. The molecule has 2 amide bonds. The zero-order chi connectivity index (χ0) is 28.9. The number of hydrogen-bond donors (Lipinski definition) is 3. The van der Waals surface area contributed by atoms with Crippen LogP contribution >= 0.6 is 22.6 Å². The summed E-state index contributed by atoms with van der Waals surface area (Å²) < 4.78 is 22.9. The van der Waals surface area contributed by atoms with Crippen molar-refractivity contribution in [2.24, 2.45) is 0 Å². The standard InChI is InChI=1S/C27H39IN2O9/c1-17(2)38-10-5-8-30(24(33)6-11-36-3)21-14-19(27(35)29-7-9-31)15-22(25(21)34)39-26-20(28)12-18(16-32)13-23(26)37-4/h12-13,15-17,21-22,25,31,34H,5-11,14H2,1-4H3,(H,29,35). The van der Waals surface area contributed by atoms with Gasteiger partial charge in [0.1, 0.15) is 18.5 Å². The SMILES string of the molecule is COCCC(=O)N(CCCOC(C)C)C1CC(C(=O)NCCO)=CC(Oc2c(I)cc(C=O)cc2OC)C1O. The summed E-state index contributed by atoms with van der Waals surface area (Å²) in [5.41, 5.74) is 0.703. The number of halogens is 1. The maximum atomic E-state index is 13.3. The lowest BCUT2D eigenvalue weighted by Gasteiger charge is -2.40. The van der Waals surface area contributed by atoms with Crippen molar-refractivity contribution in [1.82, 2.24) is 10.2 Å². The fraction of sp³-hybridized carbons (Fsp3) is 0.593. The molecule has 218 valence electrons. The third-order valence-corrected chi connectivity index (χ3v) is 6.89. The smallest absolute Gasteiger partial charge is 0.247 e. The van der Waals surface area contributed by atoms with Crippen molar-refractivity contribution in [2.75, 3.05) is 47.1 Å². The number of aliphatic hydroxyl groups excluding tert-OH is 2. The van der Waals surface area contributed by atoms with Crippen LogP contribution in [0.4, 0.5) is 0 Å². The van der Waals surface area contributed by atoms with Gasteiger partial charge in [0, 0.05) is 44.4 Å². The van der Waals surface area contributed by atoms with Crippen molar-refractivity contribution < 1.29 is 43.5 Å². The number of aldehydes is 1. The van der Waals surface area contributed by atoms with E-state index in [1.807, 2.05) is 36.4 Å². The Hall–Kier alpha value is -2.26. The van der Waals surface area contributed by atoms with Crippen LogP contribution in [0.15, 0.2) is 23.8 Å². The molecule has 2 rings (SSSR count). The van der Waals surface area contributed by atoms with Gasteiger partial charge in [-0.05, 0) is 61.1 Å². The summed E-state index contributed by atoms with van der Waals surface area (Å²) in [4.78, 5) is 39.1. The molecule has 3 N–H and O–H groups in total. The van der Waals surface area contributed by atoms with E-state index in [-0.39, 0.29) is 50.4 Å². The summed E-state index contributed by atoms with van der Waals surface area (Å²) in [7, 11) is 2.94. The van der Waals surface area contributed by atoms with Gasteiger partial charge in [-0.3, -0.25) is 14.4 Å². The lowest BCUT2D eigenvalue weighted by molar-refractivity contribution is -0.139. The van der Waals surface area contributed by atoms with Crippen LogP contribution in [0.25, 0.3) is 0 Å². The number of amides is 2. The molecule has 1 aliphatic rings. The number of ether oxygens (including phenoxy) is 4. The number of carbonyl (C=O) groups is 3. The molecular formula is C27H39IN2O9. The van der Waals surface area contributed by atoms with Gasteiger partial charge in [-0.2, -0.15) is 0 Å². The number of rotatable bonds is 16. The second-order valence-electron chi connectivity index (χ2n) is 9.27. The number of benzene rings is 1. The number of nitrogens with one attached hydrogen (secondary N) is 1. The second kappa shape index (κ2) is 16.8. The van der Waals surface area contributed by atoms with Crippen LogP contribution in [0, 0.1) is 3.57 Å². The lowest BCUT2D eigenvalue weighted by atomic mass is 9.88. The molecule has 39 heavy (non-hydrogen) atoms. The highest BCUT2D eigenvalue weighted by Gasteiger charge is 2.40. The van der Waals surface area contributed by atoms with Crippen molar-refractivity contribution in [3.05, 3.63) is 32.9 Å². The highest BCUT2D eigenvalue weighted by atomic mass is 127. The van der Waals surface area contributed by atoms with Crippen LogP contribution < -0.4 is 14.8 Å². The molecule has 0 radical (unpaired) electrons. The van der Waals surface area contributed by atoms with Crippen LogP contribution in [0.3, 0.4) is 0 Å². The highest BCUT2D eigenvalue weighted by molar-refractivity contribution is 14.1. The van der Waals surface area contributed by atoms with E-state index in [0.29, 0.717) is 46.3 Å². The van der Waals surface area contributed by atoms with E-state index in [4.69, 9.17) is 18.9 Å². The van der Waals surface area contributed by atoms with E-state index < -0.39 is 24.2 Å². The average molecular weight is 663 g/mol. The maximum absolute atomic E-state index is 13.3. The van der Waals surface area contributed by atoms with E-state index in [1.54, 1.807) is 11.0 Å². The number of methoxy groups -OCH3 is 2. The predicted molar refractivity (Wildman–Crippen MR) is 152 cm³/mol. The zero-order valence-corrected chi connectivity index (χ0v) is 25.0. The summed E-state index contributed by atoms with van der Waals surface area (Å²) in [5.74, 6) is -0.0807. The molecule has 12 heteroatoms. The molecule has 0 spiro atoms. The lowest BCUT2D eigenvalue weighted by Crippen LogP contribution is -2.55. The molecule has 0 saturated carbocycles. The summed E-state index contributed by atoms with van der Waals surface area (Å²) in [6, 6.07) is 2.35. The first kappa shape index (κ1) is 32.9. The molecule has 1 aliphatic carbocycles. The molecule has 0 fully saturated rings. The fourth-order valence-electron chi connectivity index (χ4n) is 4.20. The summed E-state index contributed by atoms with van der Waals surface area (Å²) >= 11 is 2.01. The van der Waals surface area contributed by atoms with E-state index in [1.165, 1.54) is 26.4 Å². The van der Waals surface area contributed by atoms with Gasteiger partial charge in [0.15, 0.2) is 11.5 Å². The van der Waals surface area contributed by atoms with Crippen molar-refractivity contribution in [2.45, 2.75) is 57.5 Å². The van der Waals surface area contributed by atoms with Crippen LogP contribution in [0.5, 0.6) is 11.5 Å². The summed E-state index contributed by atoms with van der Waals surface area (Å²) in [6.07, 6.45) is 0.752. The Morgan fingerprint density at radius 1 is 1.26 bits per heavy atom. The molecule has 0 saturated heterocycles. The molecule has 3 atom stereocenters. The van der Waals surface area contributed by atoms with Crippen molar-refractivity contribution >= 4 is 40.7 Å². The summed E-state index contributed by atoms with van der Waals surface area (Å²) in [6.45, 7) is 4.59. The van der Waals surface area contributed by atoms with E-state index in [9.17, 15) is 24.6 Å². The monoisotopic (exact) mass is 662 g/mol. The third kappa shape index (κ3) is 9.71. The zero-order valence-electron chi connectivity index (χ0n) is 22.9. The number of carbonyl (C=O) groups excluding carboxylic acids is 3. The first-order valence-electron chi connectivity index (χ1n) is 12.8. The third-order valence-electron chi connectivity index (χ3n) is 6.09. The minimum atomic E-state index is -1.19. The topological polar surface area (TPSA) is 144 Å². The Balaban J connectivity index is 2.45. The van der Waals surface area contributed by atoms with Gasteiger partial charge in [0.05, 0.1) is 42.5 Å². The number of nitrogens with zero attached hydrogens (tertiary/aromatic N) is 1. The van der Waals surface area contributed by atoms with Crippen LogP contribution in [-0.4, -0.2) is 105 Å². The van der Waals surface area contributed by atoms with Crippen LogP contribution in [0.1, 0.15) is 43.5 Å². The van der Waals surface area contributed by atoms with Gasteiger partial charge in [0.25, 0.3) is 0 Å². The molecule has 0 aromatic heterocycles. The Labute approximate surface area is 242 Å². The Morgan fingerprint density at radius 2 is 2.00 bits per heavy atom. The quantitative estimate of drug-likeness (QED) is 0.137. The minimum Gasteiger partial charge on any atom is -0.493 e. The fourth-order valence-corrected chi connectivity index (χ4v) is 4.95. The first-order valence-corrected chi connectivity index (χ1v) is 13.9. The van der Waals surface area contributed by atoms with Gasteiger partial charge < -0.3 is 39.4 Å². The van der Waals surface area contributed by atoms with Crippen LogP contribution in [-0.2, 0) is 19.1 Å². The number of hydrogen-bond acceptors (Lipinski definition) is 9. The van der Waals surface area contributed by atoms with Gasteiger partial charge in [-0.25, -0.2) is 0 Å². The molecule has 1 aromatic carbocycles. The van der Waals surface area contributed by atoms with Crippen molar-refractivity contribution in [3.63, 3.8) is 0 Å². The highest BCUT2D eigenvalue weighted by Crippen LogP contribution is 2.37. The maximum Gasteiger partial charge on any atom is 0.247 e. The van der Waals surface area contributed by atoms with Gasteiger partial charge in [-0.1, -0.05) is 0 Å². The Kier molecular flexibility index (Phi) is 14.2. The Morgan fingerprint density at radius 3 is 2.62 bits per heavy atom. The van der Waals surface area contributed by atoms with E-state index in [0.717, 1.165) is 0 Å². The predicted octanol–water partition coefficient (Wildman–Crippen LogP) is 1.71. The molecule has 1 aromatic rings. The molecule has 0 aliphatic heterocycles. The van der Waals surface area contributed by atoms with Gasteiger partial charge in [0.2, 0.25) is 11.8 Å².